The van der Waals surface area contributed by atoms with E-state index in [0.29, 0.717) is 19.3 Å². The highest BCUT2D eigenvalue weighted by molar-refractivity contribution is 5.71. The maximum absolute atomic E-state index is 12.8. The summed E-state index contributed by atoms with van der Waals surface area (Å²) >= 11 is 0. The van der Waals surface area contributed by atoms with Crippen LogP contribution in [0.4, 0.5) is 0 Å². The lowest BCUT2D eigenvalue weighted by Crippen LogP contribution is -2.30. The Morgan fingerprint density at radius 2 is 0.508 bits per heavy atom. The molecule has 0 fully saturated rings. The number of carbonyl (C=O) groups is 3. The molecule has 0 amide bonds. The van der Waals surface area contributed by atoms with E-state index in [-0.39, 0.29) is 31.1 Å². The number of esters is 3. The fraction of sp³-hybridized carbons (Fsp3) is 0.915. The van der Waals surface area contributed by atoms with Crippen molar-refractivity contribution in [3.05, 3.63) is 12.2 Å². The van der Waals surface area contributed by atoms with Gasteiger partial charge in [-0.05, 0) is 44.9 Å². The highest BCUT2D eigenvalue weighted by atomic mass is 16.6. The molecule has 6 heteroatoms. The van der Waals surface area contributed by atoms with Crippen LogP contribution >= 0.6 is 0 Å². The van der Waals surface area contributed by atoms with Crippen molar-refractivity contribution in [1.29, 1.82) is 0 Å². The van der Waals surface area contributed by atoms with E-state index in [1.54, 1.807) is 0 Å². The van der Waals surface area contributed by atoms with Gasteiger partial charge in [-0.15, -0.1) is 0 Å². The average Bonchev–Trinajstić information content (AvgIpc) is 3.30. The van der Waals surface area contributed by atoms with E-state index in [9.17, 15) is 14.4 Å². The second-order valence-electron chi connectivity index (χ2n) is 19.9. The van der Waals surface area contributed by atoms with Crippen molar-refractivity contribution in [2.24, 2.45) is 0 Å². The molecular formula is C59H112O6. The van der Waals surface area contributed by atoms with Crippen molar-refractivity contribution in [1.82, 2.24) is 0 Å². The first-order valence-electron chi connectivity index (χ1n) is 29.2. The molecule has 65 heavy (non-hydrogen) atoms. The first kappa shape index (κ1) is 63.1. The molecule has 0 aliphatic rings. The van der Waals surface area contributed by atoms with E-state index in [4.69, 9.17) is 14.2 Å². The lowest BCUT2D eigenvalue weighted by molar-refractivity contribution is -0.167. The highest BCUT2D eigenvalue weighted by Gasteiger charge is 2.19. The zero-order chi connectivity index (χ0) is 47.2. The molecule has 0 saturated heterocycles. The molecular weight excluding hydrogens is 805 g/mol. The van der Waals surface area contributed by atoms with Gasteiger partial charge in [-0.3, -0.25) is 14.4 Å². The van der Waals surface area contributed by atoms with Crippen LogP contribution in [0.3, 0.4) is 0 Å². The van der Waals surface area contributed by atoms with Crippen molar-refractivity contribution in [3.8, 4) is 0 Å². The molecule has 0 spiro atoms. The summed E-state index contributed by atoms with van der Waals surface area (Å²) in [4.78, 5) is 38.1. The van der Waals surface area contributed by atoms with Gasteiger partial charge < -0.3 is 14.2 Å². The van der Waals surface area contributed by atoms with Crippen LogP contribution in [0.5, 0.6) is 0 Å². The minimum absolute atomic E-state index is 0.0674. The fourth-order valence-electron chi connectivity index (χ4n) is 8.85. The molecule has 0 aromatic rings. The van der Waals surface area contributed by atoms with E-state index in [1.807, 2.05) is 0 Å². The summed E-state index contributed by atoms with van der Waals surface area (Å²) < 4.78 is 16.9. The Kier molecular flexibility index (Phi) is 53.2. The van der Waals surface area contributed by atoms with E-state index in [1.165, 1.54) is 225 Å². The first-order chi connectivity index (χ1) is 32.0. The summed E-state index contributed by atoms with van der Waals surface area (Å²) in [5, 5.41) is 0. The molecule has 1 unspecified atom stereocenters. The lowest BCUT2D eigenvalue weighted by Gasteiger charge is -2.18. The zero-order valence-corrected chi connectivity index (χ0v) is 44.0. The van der Waals surface area contributed by atoms with Crippen LogP contribution < -0.4 is 0 Å². The molecule has 0 N–H and O–H groups in total. The third-order valence-corrected chi connectivity index (χ3v) is 13.3. The molecule has 0 aromatic heterocycles. The van der Waals surface area contributed by atoms with Crippen LogP contribution in [0.2, 0.25) is 0 Å². The van der Waals surface area contributed by atoms with Gasteiger partial charge in [-0.25, -0.2) is 0 Å². The van der Waals surface area contributed by atoms with Gasteiger partial charge in [0.25, 0.3) is 0 Å². The summed E-state index contributed by atoms with van der Waals surface area (Å²) in [5.74, 6) is -0.851. The van der Waals surface area contributed by atoms with Gasteiger partial charge in [0.15, 0.2) is 6.10 Å². The Morgan fingerprint density at radius 3 is 0.769 bits per heavy atom. The molecule has 0 saturated carbocycles. The number of carbonyl (C=O) groups excluding carboxylic acids is 3. The highest BCUT2D eigenvalue weighted by Crippen LogP contribution is 2.17. The fourth-order valence-corrected chi connectivity index (χ4v) is 8.85. The van der Waals surface area contributed by atoms with Crippen LogP contribution in [0, 0.1) is 0 Å². The van der Waals surface area contributed by atoms with Crippen LogP contribution in [-0.4, -0.2) is 37.2 Å². The normalized spacial score (nSPS) is 12.0. The number of hydrogen-bond donors (Lipinski definition) is 0. The number of allylic oxidation sites excluding steroid dienone is 2. The van der Waals surface area contributed by atoms with E-state index >= 15 is 0 Å². The van der Waals surface area contributed by atoms with E-state index < -0.39 is 6.10 Å². The van der Waals surface area contributed by atoms with E-state index in [2.05, 4.69) is 32.9 Å². The van der Waals surface area contributed by atoms with Crippen molar-refractivity contribution >= 4 is 17.9 Å². The summed E-state index contributed by atoms with van der Waals surface area (Å²) in [5.41, 5.74) is 0. The van der Waals surface area contributed by atoms with Gasteiger partial charge in [-0.1, -0.05) is 277 Å². The Morgan fingerprint density at radius 1 is 0.292 bits per heavy atom. The largest absolute Gasteiger partial charge is 0.462 e. The summed E-state index contributed by atoms with van der Waals surface area (Å²) in [6.07, 6.45) is 62.0. The second kappa shape index (κ2) is 54.8. The summed E-state index contributed by atoms with van der Waals surface area (Å²) in [6, 6.07) is 0. The molecule has 0 aliphatic carbocycles. The lowest BCUT2D eigenvalue weighted by atomic mass is 10.0. The average molecular weight is 918 g/mol. The van der Waals surface area contributed by atoms with Crippen molar-refractivity contribution in [3.63, 3.8) is 0 Å². The predicted octanol–water partition coefficient (Wildman–Crippen LogP) is 19.3. The smallest absolute Gasteiger partial charge is 0.306 e. The minimum Gasteiger partial charge on any atom is -0.462 e. The van der Waals surface area contributed by atoms with E-state index in [0.717, 1.165) is 64.2 Å². The van der Waals surface area contributed by atoms with Crippen LogP contribution in [0.1, 0.15) is 329 Å². The monoisotopic (exact) mass is 917 g/mol. The van der Waals surface area contributed by atoms with Gasteiger partial charge in [0, 0.05) is 19.3 Å². The Bertz CT molecular complexity index is 1010. The van der Waals surface area contributed by atoms with Crippen molar-refractivity contribution < 1.29 is 28.6 Å². The Balaban J connectivity index is 4.29. The summed E-state index contributed by atoms with van der Waals surface area (Å²) in [6.45, 7) is 6.68. The van der Waals surface area contributed by atoms with Crippen LogP contribution in [-0.2, 0) is 28.6 Å². The van der Waals surface area contributed by atoms with Gasteiger partial charge in [0.2, 0.25) is 0 Å². The molecule has 0 bridgehead atoms. The van der Waals surface area contributed by atoms with Crippen LogP contribution in [0.15, 0.2) is 12.2 Å². The SMILES string of the molecule is CCCCCCCC/C=C\CCCCCCCC(=O)OC(COC(=O)CCCCCCCCCCCCCCC)COC(=O)CCCCCCCCCCCCCCCCCCCCC. The number of unbranched alkanes of at least 4 members (excludes halogenated alkanes) is 41. The summed E-state index contributed by atoms with van der Waals surface area (Å²) in [7, 11) is 0. The van der Waals surface area contributed by atoms with Gasteiger partial charge in [-0.2, -0.15) is 0 Å². The maximum atomic E-state index is 12.8. The maximum Gasteiger partial charge on any atom is 0.306 e. The molecule has 384 valence electrons. The van der Waals surface area contributed by atoms with Crippen molar-refractivity contribution in [2.45, 2.75) is 335 Å². The topological polar surface area (TPSA) is 78.9 Å². The third kappa shape index (κ3) is 53.0. The second-order valence-corrected chi connectivity index (χ2v) is 19.9. The number of ether oxygens (including phenoxy) is 3. The third-order valence-electron chi connectivity index (χ3n) is 13.3. The van der Waals surface area contributed by atoms with Crippen molar-refractivity contribution in [2.75, 3.05) is 13.2 Å². The number of hydrogen-bond acceptors (Lipinski definition) is 6. The minimum atomic E-state index is -0.768. The Labute approximate surface area is 405 Å². The molecule has 0 aliphatic heterocycles. The molecule has 0 heterocycles. The zero-order valence-electron chi connectivity index (χ0n) is 44.0. The molecule has 1 atom stereocenters. The van der Waals surface area contributed by atoms with Crippen LogP contribution in [0.25, 0.3) is 0 Å². The molecule has 6 nitrogen and oxygen atoms in total. The first-order valence-corrected chi connectivity index (χ1v) is 29.2. The standard InChI is InChI=1S/C59H112O6/c1-4-7-10-13-16-19-22-25-27-28-29-30-32-34-37-40-43-46-49-52-58(61)64-55-56(54-63-57(60)51-48-45-42-39-36-33-24-21-18-15-12-9-6-3)65-59(62)53-50-47-44-41-38-35-31-26-23-20-17-14-11-8-5-2/h26,31,56H,4-25,27-30,32-55H2,1-3H3/b31-26-. The van der Waals surface area contributed by atoms with Gasteiger partial charge in [0.05, 0.1) is 0 Å². The molecule has 0 aromatic carbocycles. The number of rotatable bonds is 54. The Hall–Kier alpha value is -1.85. The van der Waals surface area contributed by atoms with Gasteiger partial charge >= 0.3 is 17.9 Å². The van der Waals surface area contributed by atoms with Gasteiger partial charge in [0.1, 0.15) is 13.2 Å². The predicted molar refractivity (Wildman–Crippen MR) is 280 cm³/mol. The quantitative estimate of drug-likeness (QED) is 0.0262. The molecule has 0 rings (SSSR count). The molecule has 0 radical (unpaired) electrons.